The van der Waals surface area contributed by atoms with Crippen LogP contribution in [0.3, 0.4) is 0 Å². The molecule has 0 aliphatic heterocycles. The lowest BCUT2D eigenvalue weighted by molar-refractivity contribution is 0.902. The topological polar surface area (TPSA) is 49.6 Å². The highest BCUT2D eigenvalue weighted by Gasteiger charge is 2.02. The van der Waals surface area contributed by atoms with Gasteiger partial charge in [0.2, 0.25) is 0 Å². The summed E-state index contributed by atoms with van der Waals surface area (Å²) in [5.74, 6) is 0. The van der Waals surface area contributed by atoms with Crippen molar-refractivity contribution in [3.8, 4) is 6.07 Å². The minimum Gasteiger partial charge on any atom is -0.228 e. The molecule has 0 saturated carbocycles. The van der Waals surface area contributed by atoms with Crippen LogP contribution >= 0.6 is 11.8 Å². The second-order valence-corrected chi connectivity index (χ2v) is 4.71. The summed E-state index contributed by atoms with van der Waals surface area (Å²) in [4.78, 5) is 9.75. The van der Waals surface area contributed by atoms with Gasteiger partial charge in [-0.05, 0) is 55.9 Å². The predicted molar refractivity (Wildman–Crippen MR) is 66.8 cm³/mol. The molecule has 0 radical (unpaired) electrons. The van der Waals surface area contributed by atoms with E-state index in [0.717, 1.165) is 21.4 Å². The van der Waals surface area contributed by atoms with Crippen LogP contribution in [0, 0.1) is 25.2 Å². The van der Waals surface area contributed by atoms with Gasteiger partial charge in [0.15, 0.2) is 5.16 Å². The van der Waals surface area contributed by atoms with Gasteiger partial charge in [0.25, 0.3) is 0 Å². The number of hydrogen-bond acceptors (Lipinski definition) is 4. The van der Waals surface area contributed by atoms with Crippen molar-refractivity contribution < 1.29 is 0 Å². The molecule has 17 heavy (non-hydrogen) atoms. The minimum atomic E-state index is 0.663. The van der Waals surface area contributed by atoms with Crippen LogP contribution in [-0.4, -0.2) is 9.97 Å². The summed E-state index contributed by atoms with van der Waals surface area (Å²) in [5.41, 5.74) is 2.60. The van der Waals surface area contributed by atoms with Gasteiger partial charge < -0.3 is 0 Å². The first-order chi connectivity index (χ1) is 8.17. The van der Waals surface area contributed by atoms with Crippen molar-refractivity contribution in [2.75, 3.05) is 0 Å². The Morgan fingerprint density at radius 2 is 1.65 bits per heavy atom. The number of benzene rings is 1. The molecule has 0 atom stereocenters. The van der Waals surface area contributed by atoms with E-state index in [-0.39, 0.29) is 0 Å². The average Bonchev–Trinajstić information content (AvgIpc) is 2.28. The van der Waals surface area contributed by atoms with Crippen molar-refractivity contribution >= 4 is 11.8 Å². The Hall–Kier alpha value is -1.86. The lowest BCUT2D eigenvalue weighted by Gasteiger charge is -2.02. The van der Waals surface area contributed by atoms with E-state index in [0.29, 0.717) is 5.56 Å². The standard InChI is InChI=1S/C13H11N3S/c1-9-7-10(2)16-13(15-9)17-12-5-3-11(8-14)4-6-12/h3-7H,1-2H3. The quantitative estimate of drug-likeness (QED) is 0.758. The summed E-state index contributed by atoms with van der Waals surface area (Å²) >= 11 is 1.50. The third-order valence-corrected chi connectivity index (χ3v) is 3.03. The molecule has 1 aromatic heterocycles. The summed E-state index contributed by atoms with van der Waals surface area (Å²) in [6, 6.07) is 11.5. The summed E-state index contributed by atoms with van der Waals surface area (Å²) in [6.45, 7) is 3.91. The monoisotopic (exact) mass is 241 g/mol. The molecule has 0 amide bonds. The van der Waals surface area contributed by atoms with Gasteiger partial charge in [-0.3, -0.25) is 0 Å². The molecule has 0 N–H and O–H groups in total. The van der Waals surface area contributed by atoms with Gasteiger partial charge >= 0.3 is 0 Å². The number of nitrogens with zero attached hydrogens (tertiary/aromatic N) is 3. The van der Waals surface area contributed by atoms with E-state index in [4.69, 9.17) is 5.26 Å². The molecular formula is C13H11N3S. The van der Waals surface area contributed by atoms with Crippen LogP contribution in [0.5, 0.6) is 0 Å². The molecule has 0 unspecified atom stereocenters. The summed E-state index contributed by atoms with van der Waals surface area (Å²) < 4.78 is 0. The van der Waals surface area contributed by atoms with Crippen molar-refractivity contribution in [3.05, 3.63) is 47.3 Å². The molecular weight excluding hydrogens is 230 g/mol. The highest BCUT2D eigenvalue weighted by molar-refractivity contribution is 7.99. The lowest BCUT2D eigenvalue weighted by Crippen LogP contribution is -1.92. The maximum Gasteiger partial charge on any atom is 0.192 e. The first-order valence-corrected chi connectivity index (χ1v) is 5.99. The largest absolute Gasteiger partial charge is 0.228 e. The minimum absolute atomic E-state index is 0.663. The Morgan fingerprint density at radius 1 is 1.06 bits per heavy atom. The predicted octanol–water partition coefficient (Wildman–Crippen LogP) is 3.12. The van der Waals surface area contributed by atoms with Crippen LogP contribution < -0.4 is 0 Å². The van der Waals surface area contributed by atoms with E-state index in [2.05, 4.69) is 16.0 Å². The zero-order valence-corrected chi connectivity index (χ0v) is 10.5. The molecule has 0 aliphatic carbocycles. The molecule has 2 rings (SSSR count). The van der Waals surface area contributed by atoms with Gasteiger partial charge in [-0.25, -0.2) is 9.97 Å². The van der Waals surface area contributed by atoms with Crippen molar-refractivity contribution in [2.24, 2.45) is 0 Å². The third kappa shape index (κ3) is 3.05. The molecule has 4 heteroatoms. The van der Waals surface area contributed by atoms with Crippen molar-refractivity contribution in [3.63, 3.8) is 0 Å². The average molecular weight is 241 g/mol. The summed E-state index contributed by atoms with van der Waals surface area (Å²) in [6.07, 6.45) is 0. The third-order valence-electron chi connectivity index (χ3n) is 2.15. The van der Waals surface area contributed by atoms with Crippen LogP contribution in [-0.2, 0) is 0 Å². The first-order valence-electron chi connectivity index (χ1n) is 5.17. The Morgan fingerprint density at radius 3 is 2.18 bits per heavy atom. The normalized spacial score (nSPS) is 9.94. The molecule has 0 saturated heterocycles. The molecule has 1 heterocycles. The fourth-order valence-corrected chi connectivity index (χ4v) is 2.30. The van der Waals surface area contributed by atoms with E-state index in [1.54, 1.807) is 12.1 Å². The van der Waals surface area contributed by atoms with Gasteiger partial charge in [0.1, 0.15) is 0 Å². The second kappa shape index (κ2) is 4.98. The van der Waals surface area contributed by atoms with E-state index in [1.807, 2.05) is 32.0 Å². The molecule has 1 aromatic carbocycles. The zero-order valence-electron chi connectivity index (χ0n) is 9.64. The number of nitriles is 1. The lowest BCUT2D eigenvalue weighted by atomic mass is 10.2. The SMILES string of the molecule is Cc1cc(C)nc(Sc2ccc(C#N)cc2)n1. The maximum atomic E-state index is 8.71. The van der Waals surface area contributed by atoms with Gasteiger partial charge in [-0.1, -0.05) is 0 Å². The summed E-state index contributed by atoms with van der Waals surface area (Å²) in [5, 5.41) is 9.45. The zero-order chi connectivity index (χ0) is 12.3. The number of aromatic nitrogens is 2. The van der Waals surface area contributed by atoms with Crippen molar-refractivity contribution in [2.45, 2.75) is 23.9 Å². The molecule has 3 nitrogen and oxygen atoms in total. The Bertz CT molecular complexity index is 550. The van der Waals surface area contributed by atoms with Crippen molar-refractivity contribution in [1.29, 1.82) is 5.26 Å². The molecule has 0 spiro atoms. The van der Waals surface area contributed by atoms with E-state index in [1.165, 1.54) is 11.8 Å². The molecule has 0 fully saturated rings. The van der Waals surface area contributed by atoms with Crippen LogP contribution in [0.4, 0.5) is 0 Å². The van der Waals surface area contributed by atoms with E-state index < -0.39 is 0 Å². The fourth-order valence-electron chi connectivity index (χ4n) is 1.44. The van der Waals surface area contributed by atoms with Crippen LogP contribution in [0.2, 0.25) is 0 Å². The number of rotatable bonds is 2. The first kappa shape index (κ1) is 11.6. The van der Waals surface area contributed by atoms with E-state index in [9.17, 15) is 0 Å². The number of hydrogen-bond donors (Lipinski definition) is 0. The van der Waals surface area contributed by atoms with Gasteiger partial charge in [-0.15, -0.1) is 0 Å². The van der Waals surface area contributed by atoms with Crippen LogP contribution in [0.25, 0.3) is 0 Å². The number of aryl methyl sites for hydroxylation is 2. The molecule has 0 aliphatic rings. The van der Waals surface area contributed by atoms with Crippen LogP contribution in [0.15, 0.2) is 40.4 Å². The Labute approximate surface area is 105 Å². The molecule has 2 aromatic rings. The highest BCUT2D eigenvalue weighted by atomic mass is 32.2. The Kier molecular flexibility index (Phi) is 3.40. The summed E-state index contributed by atoms with van der Waals surface area (Å²) in [7, 11) is 0. The fraction of sp³-hybridized carbons (Fsp3) is 0.154. The van der Waals surface area contributed by atoms with Gasteiger partial charge in [-0.2, -0.15) is 5.26 Å². The highest BCUT2D eigenvalue weighted by Crippen LogP contribution is 2.24. The van der Waals surface area contributed by atoms with E-state index >= 15 is 0 Å². The van der Waals surface area contributed by atoms with Gasteiger partial charge in [0.05, 0.1) is 11.6 Å². The molecule has 84 valence electrons. The smallest absolute Gasteiger partial charge is 0.192 e. The van der Waals surface area contributed by atoms with Gasteiger partial charge in [0, 0.05) is 16.3 Å². The van der Waals surface area contributed by atoms with Crippen molar-refractivity contribution in [1.82, 2.24) is 9.97 Å². The molecule has 0 bridgehead atoms. The van der Waals surface area contributed by atoms with Crippen LogP contribution in [0.1, 0.15) is 17.0 Å². The maximum absolute atomic E-state index is 8.71. The Balaban J connectivity index is 2.22. The second-order valence-electron chi connectivity index (χ2n) is 3.67.